The number of hydrogen-bond donors (Lipinski definition) is 2. The van der Waals surface area contributed by atoms with E-state index in [0.29, 0.717) is 52.9 Å². The second-order valence-electron chi connectivity index (χ2n) is 9.52. The van der Waals surface area contributed by atoms with Crippen molar-refractivity contribution < 1.29 is 22.6 Å². The quantitative estimate of drug-likeness (QED) is 0.239. The molecule has 0 fully saturated rings. The number of nitrogens with one attached hydrogen (secondary N) is 2. The Kier molecular flexibility index (Phi) is 9.34. The smallest absolute Gasteiger partial charge is 0.277 e. The van der Waals surface area contributed by atoms with Crippen LogP contribution in [0.2, 0.25) is 0 Å². The fourth-order valence-corrected chi connectivity index (χ4v) is 5.99. The number of rotatable bonds is 13. The maximum absolute atomic E-state index is 13.3. The maximum atomic E-state index is 13.3. The summed E-state index contributed by atoms with van der Waals surface area (Å²) in [6.07, 6.45) is 2.06. The predicted octanol–water partition coefficient (Wildman–Crippen LogP) is 4.23. The first-order valence-corrected chi connectivity index (χ1v) is 15.1. The number of imidazole rings is 1. The number of ether oxygens (including phenoxy) is 3. The molecule has 0 unspecified atom stereocenters. The number of para-hydroxylation sites is 1. The fourth-order valence-electron chi connectivity index (χ4n) is 4.93. The number of fused-ring (bicyclic) bond motifs is 1. The third-order valence-corrected chi connectivity index (χ3v) is 8.50. The molecule has 2 aromatic carbocycles. The van der Waals surface area contributed by atoms with Crippen molar-refractivity contribution in [3.8, 4) is 28.6 Å². The standard InChI is InChI=1S/C29H37N5O6S/c1-7-19(8-2)28-31-18(4)25-29(35)32-27(33-34(25)28)22-17-21(13-14-23(22)40-9-3)41(36,37)30-16-15-20-11-10-12-24(38-5)26(20)39-6/h10-14,17,19,30H,7-9,15-16H2,1-6H3,(H,32,33,35). The van der Waals surface area contributed by atoms with Crippen LogP contribution in [0.4, 0.5) is 0 Å². The normalized spacial score (nSPS) is 11.8. The van der Waals surface area contributed by atoms with Crippen molar-refractivity contribution in [2.45, 2.75) is 57.8 Å². The summed E-state index contributed by atoms with van der Waals surface area (Å²) in [5.41, 5.74) is 1.75. The van der Waals surface area contributed by atoms with Crippen LogP contribution in [0.3, 0.4) is 0 Å². The lowest BCUT2D eigenvalue weighted by atomic mass is 10.0. The van der Waals surface area contributed by atoms with Crippen LogP contribution < -0.4 is 24.5 Å². The maximum Gasteiger partial charge on any atom is 0.277 e. The molecule has 0 saturated carbocycles. The first-order chi connectivity index (χ1) is 19.7. The summed E-state index contributed by atoms with van der Waals surface area (Å²) < 4.78 is 47.5. The van der Waals surface area contributed by atoms with E-state index in [1.54, 1.807) is 37.8 Å². The highest BCUT2D eigenvalue weighted by molar-refractivity contribution is 7.89. The van der Waals surface area contributed by atoms with Gasteiger partial charge < -0.3 is 19.2 Å². The predicted molar refractivity (Wildman–Crippen MR) is 157 cm³/mol. The van der Waals surface area contributed by atoms with Gasteiger partial charge in [0.15, 0.2) is 22.8 Å². The minimum atomic E-state index is -3.92. The van der Waals surface area contributed by atoms with Gasteiger partial charge in [0.1, 0.15) is 11.6 Å². The molecule has 0 radical (unpaired) electrons. The molecule has 12 heteroatoms. The number of benzene rings is 2. The van der Waals surface area contributed by atoms with Gasteiger partial charge in [0.25, 0.3) is 5.56 Å². The molecular weight excluding hydrogens is 546 g/mol. The van der Waals surface area contributed by atoms with Gasteiger partial charge >= 0.3 is 0 Å². The van der Waals surface area contributed by atoms with E-state index >= 15 is 0 Å². The molecule has 2 N–H and O–H groups in total. The number of sulfonamides is 1. The number of methoxy groups -OCH3 is 2. The Balaban J connectivity index is 1.71. The highest BCUT2D eigenvalue weighted by Gasteiger charge is 2.23. The van der Waals surface area contributed by atoms with Gasteiger partial charge in [-0.25, -0.2) is 22.6 Å². The van der Waals surface area contributed by atoms with E-state index in [2.05, 4.69) is 28.5 Å². The van der Waals surface area contributed by atoms with Crippen molar-refractivity contribution in [1.29, 1.82) is 0 Å². The molecule has 11 nitrogen and oxygen atoms in total. The zero-order valence-corrected chi connectivity index (χ0v) is 25.1. The lowest BCUT2D eigenvalue weighted by Gasteiger charge is -2.15. The van der Waals surface area contributed by atoms with E-state index in [-0.39, 0.29) is 28.7 Å². The first kappa shape index (κ1) is 30.1. The summed E-state index contributed by atoms with van der Waals surface area (Å²) in [5, 5.41) is 4.72. The minimum Gasteiger partial charge on any atom is -0.493 e. The van der Waals surface area contributed by atoms with Crippen LogP contribution >= 0.6 is 0 Å². The summed E-state index contributed by atoms with van der Waals surface area (Å²) in [6, 6.07) is 9.97. The molecule has 0 spiro atoms. The Morgan fingerprint density at radius 3 is 2.46 bits per heavy atom. The van der Waals surface area contributed by atoms with Crippen LogP contribution in [0, 0.1) is 6.92 Å². The Morgan fingerprint density at radius 2 is 1.80 bits per heavy atom. The third-order valence-electron chi connectivity index (χ3n) is 7.04. The number of aryl methyl sites for hydroxylation is 1. The fraction of sp³-hybridized carbons (Fsp3) is 0.414. The molecule has 0 aliphatic rings. The van der Waals surface area contributed by atoms with Crippen molar-refractivity contribution in [2.75, 3.05) is 27.4 Å². The van der Waals surface area contributed by atoms with Gasteiger partial charge in [-0.05, 0) is 62.9 Å². The lowest BCUT2D eigenvalue weighted by Crippen LogP contribution is -2.26. The van der Waals surface area contributed by atoms with Gasteiger partial charge in [-0.1, -0.05) is 26.0 Å². The summed E-state index contributed by atoms with van der Waals surface area (Å²) in [7, 11) is -0.829. The van der Waals surface area contributed by atoms with E-state index in [1.807, 2.05) is 19.1 Å². The van der Waals surface area contributed by atoms with Crippen LogP contribution in [0.15, 0.2) is 46.1 Å². The Hall–Kier alpha value is -3.90. The number of aromatic nitrogens is 4. The van der Waals surface area contributed by atoms with Crippen molar-refractivity contribution in [2.24, 2.45) is 0 Å². The zero-order valence-electron chi connectivity index (χ0n) is 24.3. The lowest BCUT2D eigenvalue weighted by molar-refractivity contribution is 0.341. The van der Waals surface area contributed by atoms with Crippen molar-refractivity contribution in [3.05, 3.63) is 63.8 Å². The van der Waals surface area contributed by atoms with Crippen molar-refractivity contribution in [1.82, 2.24) is 24.3 Å². The summed E-state index contributed by atoms with van der Waals surface area (Å²) in [4.78, 5) is 20.7. The number of H-pyrrole nitrogens is 1. The van der Waals surface area contributed by atoms with Gasteiger partial charge in [-0.15, -0.1) is 5.10 Å². The molecule has 41 heavy (non-hydrogen) atoms. The molecule has 0 saturated heterocycles. The van der Waals surface area contributed by atoms with Gasteiger partial charge in [-0.2, -0.15) is 0 Å². The third kappa shape index (κ3) is 6.08. The molecule has 2 heterocycles. The van der Waals surface area contributed by atoms with E-state index in [4.69, 9.17) is 19.3 Å². The number of hydrogen-bond acceptors (Lipinski definition) is 8. The van der Waals surface area contributed by atoms with Crippen molar-refractivity contribution in [3.63, 3.8) is 0 Å². The molecular formula is C29H37N5O6S. The Labute approximate surface area is 239 Å². The molecule has 0 aliphatic heterocycles. The van der Waals surface area contributed by atoms with Crippen LogP contribution in [0.1, 0.15) is 56.6 Å². The topological polar surface area (TPSA) is 137 Å². The van der Waals surface area contributed by atoms with Crippen LogP contribution in [-0.4, -0.2) is 55.4 Å². The number of nitrogens with zero attached hydrogens (tertiary/aromatic N) is 3. The minimum absolute atomic E-state index is 0.0123. The molecule has 220 valence electrons. The van der Waals surface area contributed by atoms with E-state index in [0.717, 1.165) is 18.4 Å². The van der Waals surface area contributed by atoms with Gasteiger partial charge in [0.2, 0.25) is 10.0 Å². The van der Waals surface area contributed by atoms with Gasteiger partial charge in [0.05, 0.1) is 37.0 Å². The highest BCUT2D eigenvalue weighted by Crippen LogP contribution is 2.32. The molecule has 0 aliphatic carbocycles. The second-order valence-corrected chi connectivity index (χ2v) is 11.3. The van der Waals surface area contributed by atoms with E-state index in [1.165, 1.54) is 12.1 Å². The SMILES string of the molecule is CCOc1ccc(S(=O)(=O)NCCc2cccc(OC)c2OC)cc1-c1nn2c(C(CC)CC)nc(C)c2c(=O)[nH]1. The summed E-state index contributed by atoms with van der Waals surface area (Å²) in [5.74, 6) is 2.54. The summed E-state index contributed by atoms with van der Waals surface area (Å²) in [6.45, 7) is 8.21. The monoisotopic (exact) mass is 583 g/mol. The van der Waals surface area contributed by atoms with Crippen LogP contribution in [0.5, 0.6) is 17.2 Å². The van der Waals surface area contributed by atoms with E-state index in [9.17, 15) is 13.2 Å². The number of aromatic amines is 1. The average Bonchev–Trinajstić information content (AvgIpc) is 3.29. The molecule has 2 aromatic heterocycles. The second kappa shape index (κ2) is 12.7. The van der Waals surface area contributed by atoms with Gasteiger partial charge in [-0.3, -0.25) is 4.79 Å². The largest absolute Gasteiger partial charge is 0.493 e. The Morgan fingerprint density at radius 1 is 1.05 bits per heavy atom. The average molecular weight is 584 g/mol. The Bertz CT molecular complexity index is 1690. The van der Waals surface area contributed by atoms with E-state index < -0.39 is 10.0 Å². The first-order valence-electron chi connectivity index (χ1n) is 13.6. The molecule has 0 amide bonds. The molecule has 0 atom stereocenters. The van der Waals surface area contributed by atoms with Crippen molar-refractivity contribution >= 4 is 15.5 Å². The summed E-state index contributed by atoms with van der Waals surface area (Å²) >= 11 is 0. The zero-order chi connectivity index (χ0) is 29.7. The van der Waals surface area contributed by atoms with Crippen LogP contribution in [-0.2, 0) is 16.4 Å². The van der Waals surface area contributed by atoms with Gasteiger partial charge in [0, 0.05) is 12.5 Å². The molecule has 4 rings (SSSR count). The highest BCUT2D eigenvalue weighted by atomic mass is 32.2. The molecule has 0 bridgehead atoms. The van der Waals surface area contributed by atoms with Crippen LogP contribution in [0.25, 0.3) is 16.9 Å². The molecule has 4 aromatic rings.